The van der Waals surface area contributed by atoms with Crippen LogP contribution in [-0.4, -0.2) is 39.6 Å². The van der Waals surface area contributed by atoms with Crippen molar-refractivity contribution in [1.82, 2.24) is 10.3 Å². The van der Waals surface area contributed by atoms with E-state index in [-0.39, 0.29) is 0 Å². The minimum absolute atomic E-state index is 0.290. The van der Waals surface area contributed by atoms with Crippen molar-refractivity contribution in [3.63, 3.8) is 0 Å². The molecule has 4 aromatic rings. The Bertz CT molecular complexity index is 1280. The van der Waals surface area contributed by atoms with Crippen molar-refractivity contribution in [2.24, 2.45) is 0 Å². The number of oxazole rings is 1. The first-order chi connectivity index (χ1) is 15.9. The van der Waals surface area contributed by atoms with Gasteiger partial charge in [-0.05, 0) is 60.6 Å². The zero-order valence-electron chi connectivity index (χ0n) is 18.7. The lowest BCUT2D eigenvalue weighted by Crippen LogP contribution is -2.44. The molecule has 0 saturated heterocycles. The minimum atomic E-state index is -1.09. The predicted molar refractivity (Wildman–Crippen MR) is 131 cm³/mol. The average molecular weight is 463 g/mol. The number of nitrogens with zero attached hydrogens (tertiary/aromatic N) is 1. The number of benzene rings is 3. The Morgan fingerprint density at radius 3 is 2.52 bits per heavy atom. The molecule has 0 aliphatic heterocycles. The summed E-state index contributed by atoms with van der Waals surface area (Å²) in [6.07, 6.45) is 0.946. The van der Waals surface area contributed by atoms with Gasteiger partial charge in [0, 0.05) is 17.0 Å². The highest BCUT2D eigenvalue weighted by molar-refractivity contribution is 7.98. The summed E-state index contributed by atoms with van der Waals surface area (Å²) in [5.74, 6) is -0.542. The van der Waals surface area contributed by atoms with Gasteiger partial charge in [0.05, 0.1) is 6.10 Å². The van der Waals surface area contributed by atoms with Gasteiger partial charge in [-0.3, -0.25) is 10.1 Å². The molecule has 3 N–H and O–H groups in total. The normalized spacial score (nSPS) is 13.2. The molecule has 1 aromatic heterocycles. The Hall–Kier alpha value is -3.13. The molecule has 0 bridgehead atoms. The summed E-state index contributed by atoms with van der Waals surface area (Å²) in [4.78, 5) is 17.1. The van der Waals surface area contributed by atoms with Gasteiger partial charge in [-0.1, -0.05) is 42.5 Å². The van der Waals surface area contributed by atoms with E-state index in [1.54, 1.807) is 11.8 Å². The van der Waals surface area contributed by atoms with Crippen LogP contribution in [0.2, 0.25) is 0 Å². The molecule has 0 fully saturated rings. The van der Waals surface area contributed by atoms with Crippen LogP contribution in [0.5, 0.6) is 0 Å². The fourth-order valence-corrected chi connectivity index (χ4v) is 4.54. The lowest BCUT2D eigenvalue weighted by molar-refractivity contribution is -0.142. The standard InChI is InChI=1S/C26H26N2O4S/c1-15-19(17-8-5-4-6-9-17)10-7-11-20(15)25-28-21-12-18(23(33-3)13-22(21)32-25)14-27-24(16(2)29)26(30)31/h4-13,16,24,27,29H,14H2,1-3H3,(H,30,31)/t16-,24-/m0/s1. The smallest absolute Gasteiger partial charge is 0.323 e. The molecule has 170 valence electrons. The molecule has 0 radical (unpaired) electrons. The highest BCUT2D eigenvalue weighted by Gasteiger charge is 2.23. The lowest BCUT2D eigenvalue weighted by atomic mass is 9.96. The van der Waals surface area contributed by atoms with Crippen molar-refractivity contribution in [1.29, 1.82) is 0 Å². The summed E-state index contributed by atoms with van der Waals surface area (Å²) in [6, 6.07) is 19.1. The number of carboxylic acids is 1. The van der Waals surface area contributed by atoms with Crippen LogP contribution in [0.15, 0.2) is 70.0 Å². The summed E-state index contributed by atoms with van der Waals surface area (Å²) in [5, 5.41) is 22.0. The molecule has 0 aliphatic rings. The molecule has 7 heteroatoms. The number of fused-ring (bicyclic) bond motifs is 1. The van der Waals surface area contributed by atoms with Gasteiger partial charge in [-0.2, -0.15) is 0 Å². The van der Waals surface area contributed by atoms with Crippen molar-refractivity contribution >= 4 is 28.8 Å². The number of carboxylic acid groups (broad SMARTS) is 1. The maximum Gasteiger partial charge on any atom is 0.323 e. The first kappa shape index (κ1) is 23.0. The first-order valence-corrected chi connectivity index (χ1v) is 11.9. The van der Waals surface area contributed by atoms with E-state index in [0.717, 1.165) is 32.7 Å². The number of aliphatic carboxylic acids is 1. The second-order valence-corrected chi connectivity index (χ2v) is 8.78. The molecule has 0 saturated carbocycles. The molecule has 4 rings (SSSR count). The molecule has 0 aliphatic carbocycles. The topological polar surface area (TPSA) is 95.6 Å². The molecular formula is C26H26N2O4S. The molecular weight excluding hydrogens is 436 g/mol. The van der Waals surface area contributed by atoms with Gasteiger partial charge < -0.3 is 14.6 Å². The van der Waals surface area contributed by atoms with Crippen molar-refractivity contribution < 1.29 is 19.4 Å². The van der Waals surface area contributed by atoms with Gasteiger partial charge in [0.1, 0.15) is 11.6 Å². The SMILES string of the molecule is CSc1cc2oc(-c3cccc(-c4ccccc4)c3C)nc2cc1CN[C@H](C(=O)O)[C@H](C)O. The predicted octanol–water partition coefficient (Wildman–Crippen LogP) is 5.12. The Morgan fingerprint density at radius 1 is 1.12 bits per heavy atom. The molecule has 2 atom stereocenters. The number of aromatic nitrogens is 1. The van der Waals surface area contributed by atoms with Crippen LogP contribution in [-0.2, 0) is 11.3 Å². The van der Waals surface area contributed by atoms with Crippen LogP contribution in [0, 0.1) is 6.92 Å². The first-order valence-electron chi connectivity index (χ1n) is 10.7. The molecule has 0 amide bonds. The summed E-state index contributed by atoms with van der Waals surface area (Å²) in [7, 11) is 0. The monoisotopic (exact) mass is 462 g/mol. The summed E-state index contributed by atoms with van der Waals surface area (Å²) in [5.41, 5.74) is 6.55. The number of aliphatic hydroxyl groups excluding tert-OH is 1. The average Bonchev–Trinajstić information content (AvgIpc) is 3.21. The maximum absolute atomic E-state index is 11.4. The van der Waals surface area contributed by atoms with Crippen LogP contribution in [0.1, 0.15) is 18.1 Å². The van der Waals surface area contributed by atoms with Crippen LogP contribution >= 0.6 is 11.8 Å². The number of rotatable bonds is 8. The van der Waals surface area contributed by atoms with E-state index in [1.807, 2.05) is 48.7 Å². The molecule has 1 heterocycles. The number of carbonyl (C=O) groups is 1. The number of hydrogen-bond acceptors (Lipinski definition) is 6. The Balaban J connectivity index is 1.70. The number of thioether (sulfide) groups is 1. The Kier molecular flexibility index (Phi) is 6.83. The third-order valence-electron chi connectivity index (χ3n) is 5.70. The molecule has 0 spiro atoms. The van der Waals surface area contributed by atoms with E-state index in [2.05, 4.69) is 30.4 Å². The number of aliphatic hydroxyl groups is 1. The summed E-state index contributed by atoms with van der Waals surface area (Å²) >= 11 is 1.55. The fraction of sp³-hybridized carbons (Fsp3) is 0.231. The van der Waals surface area contributed by atoms with Crippen LogP contribution in [0.4, 0.5) is 0 Å². The van der Waals surface area contributed by atoms with E-state index in [4.69, 9.17) is 9.40 Å². The maximum atomic E-state index is 11.4. The third-order valence-corrected chi connectivity index (χ3v) is 6.52. The molecule has 33 heavy (non-hydrogen) atoms. The van der Waals surface area contributed by atoms with Crippen molar-refractivity contribution in [3.8, 4) is 22.6 Å². The van der Waals surface area contributed by atoms with E-state index in [0.29, 0.717) is 23.5 Å². The van der Waals surface area contributed by atoms with Crippen LogP contribution < -0.4 is 5.32 Å². The van der Waals surface area contributed by atoms with Crippen molar-refractivity contribution in [2.75, 3.05) is 6.26 Å². The van der Waals surface area contributed by atoms with Gasteiger partial charge in [0.15, 0.2) is 5.58 Å². The summed E-state index contributed by atoms with van der Waals surface area (Å²) < 4.78 is 6.15. The fourth-order valence-electron chi connectivity index (χ4n) is 3.92. The van der Waals surface area contributed by atoms with E-state index in [9.17, 15) is 15.0 Å². The van der Waals surface area contributed by atoms with Gasteiger partial charge in [0.2, 0.25) is 5.89 Å². The van der Waals surface area contributed by atoms with E-state index in [1.165, 1.54) is 6.92 Å². The molecule has 0 unspecified atom stereocenters. The van der Waals surface area contributed by atoms with Gasteiger partial charge in [-0.15, -0.1) is 11.8 Å². The molecule has 3 aromatic carbocycles. The Morgan fingerprint density at radius 2 is 1.85 bits per heavy atom. The van der Waals surface area contributed by atoms with Crippen molar-refractivity contribution in [3.05, 3.63) is 71.8 Å². The van der Waals surface area contributed by atoms with E-state index < -0.39 is 18.1 Å². The highest BCUT2D eigenvalue weighted by Crippen LogP contribution is 2.34. The Labute approximate surface area is 196 Å². The zero-order chi connectivity index (χ0) is 23.5. The van der Waals surface area contributed by atoms with Crippen LogP contribution in [0.25, 0.3) is 33.7 Å². The van der Waals surface area contributed by atoms with Gasteiger partial charge >= 0.3 is 5.97 Å². The minimum Gasteiger partial charge on any atom is -0.480 e. The van der Waals surface area contributed by atoms with Crippen molar-refractivity contribution in [2.45, 2.75) is 37.4 Å². The number of hydrogen-bond donors (Lipinski definition) is 3. The highest BCUT2D eigenvalue weighted by atomic mass is 32.2. The number of nitrogens with one attached hydrogen (secondary N) is 1. The quantitative estimate of drug-likeness (QED) is 0.313. The third kappa shape index (κ3) is 4.80. The molecule has 6 nitrogen and oxygen atoms in total. The van der Waals surface area contributed by atoms with Gasteiger partial charge in [-0.25, -0.2) is 4.98 Å². The van der Waals surface area contributed by atoms with Gasteiger partial charge in [0.25, 0.3) is 0 Å². The van der Waals surface area contributed by atoms with Crippen LogP contribution in [0.3, 0.4) is 0 Å². The zero-order valence-corrected chi connectivity index (χ0v) is 19.5. The lowest BCUT2D eigenvalue weighted by Gasteiger charge is -2.18. The second kappa shape index (κ2) is 9.79. The van der Waals surface area contributed by atoms with E-state index >= 15 is 0 Å². The largest absolute Gasteiger partial charge is 0.480 e. The second-order valence-electron chi connectivity index (χ2n) is 7.93. The summed E-state index contributed by atoms with van der Waals surface area (Å²) in [6.45, 7) is 3.82.